The highest BCUT2D eigenvalue weighted by Gasteiger charge is 2.11. The Bertz CT molecular complexity index is 915. The normalized spacial score (nSPS) is 10.7. The number of thiocarbonyl (C=S) groups is 1. The van der Waals surface area contributed by atoms with Crippen LogP contribution in [0.4, 0.5) is 20.3 Å². The smallest absolute Gasteiger partial charge is 0.387 e. The molecule has 0 unspecified atom stereocenters. The number of rotatable bonds is 6. The minimum atomic E-state index is -2.91. The Morgan fingerprint density at radius 1 is 1.11 bits per heavy atom. The molecule has 5 nitrogen and oxygen atoms in total. The summed E-state index contributed by atoms with van der Waals surface area (Å²) in [5.41, 5.74) is 2.44. The lowest BCUT2D eigenvalue weighted by Gasteiger charge is -2.13. The Morgan fingerprint density at radius 2 is 1.81 bits per heavy atom. The summed E-state index contributed by atoms with van der Waals surface area (Å²) in [7, 11) is 0. The summed E-state index contributed by atoms with van der Waals surface area (Å²) in [6, 6.07) is 18.2. The number of para-hydroxylation sites is 2. The monoisotopic (exact) mass is 388 g/mol. The molecular formula is C19H18F2N4OS. The number of hydrogen-bond donors (Lipinski definition) is 2. The first-order chi connectivity index (χ1) is 13.0. The van der Waals surface area contributed by atoms with Crippen molar-refractivity contribution in [3.63, 3.8) is 0 Å². The third-order valence-electron chi connectivity index (χ3n) is 3.75. The Balaban J connectivity index is 1.66. The number of nitrogens with one attached hydrogen (secondary N) is 2. The molecule has 3 aromatic rings. The van der Waals surface area contributed by atoms with E-state index in [4.69, 9.17) is 12.2 Å². The number of hydrogen-bond acceptors (Lipinski definition) is 3. The molecule has 3 rings (SSSR count). The summed E-state index contributed by atoms with van der Waals surface area (Å²) in [4.78, 5) is 0. The number of ether oxygens (including phenoxy) is 1. The zero-order valence-corrected chi connectivity index (χ0v) is 15.3. The highest BCUT2D eigenvalue weighted by molar-refractivity contribution is 7.80. The molecule has 0 radical (unpaired) electrons. The van der Waals surface area contributed by atoms with Gasteiger partial charge in [0.25, 0.3) is 0 Å². The van der Waals surface area contributed by atoms with Gasteiger partial charge >= 0.3 is 6.61 Å². The average Bonchev–Trinajstić information content (AvgIpc) is 2.96. The third-order valence-corrected chi connectivity index (χ3v) is 3.95. The van der Waals surface area contributed by atoms with Crippen molar-refractivity contribution >= 4 is 28.8 Å². The lowest BCUT2D eigenvalue weighted by molar-refractivity contribution is -0.0493. The van der Waals surface area contributed by atoms with E-state index < -0.39 is 6.61 Å². The largest absolute Gasteiger partial charge is 0.433 e. The van der Waals surface area contributed by atoms with Crippen LogP contribution in [0.25, 0.3) is 0 Å². The highest BCUT2D eigenvalue weighted by Crippen LogP contribution is 2.25. The predicted octanol–water partition coefficient (Wildman–Crippen LogP) is 4.65. The SMILES string of the molecule is Cc1cc(NC(=S)Nc2ccccc2OC(F)F)nn1Cc1ccccc1. The standard InChI is InChI=1S/C19H18F2N4OS/c1-13-11-17(24-25(13)12-14-7-3-2-4-8-14)23-19(27)22-15-9-5-6-10-16(15)26-18(20)21/h2-11,18H,12H2,1H3,(H2,22,23,24,27). The topological polar surface area (TPSA) is 51.1 Å². The molecule has 1 aromatic heterocycles. The number of halogens is 2. The van der Waals surface area contributed by atoms with Crippen LogP contribution in [0, 0.1) is 6.92 Å². The Hall–Kier alpha value is -3.00. The molecule has 2 N–H and O–H groups in total. The number of anilines is 2. The lowest BCUT2D eigenvalue weighted by atomic mass is 10.2. The van der Waals surface area contributed by atoms with Crippen LogP contribution in [0.5, 0.6) is 5.75 Å². The molecule has 0 amide bonds. The van der Waals surface area contributed by atoms with E-state index in [9.17, 15) is 8.78 Å². The number of nitrogens with zero attached hydrogens (tertiary/aromatic N) is 2. The maximum Gasteiger partial charge on any atom is 0.387 e. The summed E-state index contributed by atoms with van der Waals surface area (Å²) in [6.07, 6.45) is 0. The molecule has 27 heavy (non-hydrogen) atoms. The average molecular weight is 388 g/mol. The summed E-state index contributed by atoms with van der Waals surface area (Å²) in [6.45, 7) is -0.325. The van der Waals surface area contributed by atoms with E-state index in [-0.39, 0.29) is 10.9 Å². The van der Waals surface area contributed by atoms with E-state index in [1.807, 2.05) is 48.0 Å². The fraction of sp³-hybridized carbons (Fsp3) is 0.158. The fourth-order valence-electron chi connectivity index (χ4n) is 2.53. The van der Waals surface area contributed by atoms with Gasteiger partial charge in [-0.3, -0.25) is 4.68 Å². The second-order valence-corrected chi connectivity index (χ2v) is 6.18. The van der Waals surface area contributed by atoms with Crippen LogP contribution in [0.3, 0.4) is 0 Å². The molecule has 0 bridgehead atoms. The van der Waals surface area contributed by atoms with Crippen LogP contribution in [-0.2, 0) is 6.54 Å². The van der Waals surface area contributed by atoms with Gasteiger partial charge in [0.1, 0.15) is 5.75 Å². The van der Waals surface area contributed by atoms with Gasteiger partial charge in [-0.1, -0.05) is 42.5 Å². The molecule has 0 aliphatic rings. The summed E-state index contributed by atoms with van der Waals surface area (Å²) in [5, 5.41) is 10.5. The zero-order valence-electron chi connectivity index (χ0n) is 14.5. The van der Waals surface area contributed by atoms with E-state index in [0.717, 1.165) is 11.3 Å². The molecule has 0 atom stereocenters. The van der Waals surface area contributed by atoms with E-state index in [0.29, 0.717) is 18.1 Å². The van der Waals surface area contributed by atoms with Gasteiger partial charge in [0.15, 0.2) is 10.9 Å². The second kappa shape index (κ2) is 8.59. The summed E-state index contributed by atoms with van der Waals surface area (Å²) in [5.74, 6) is 0.579. The van der Waals surface area contributed by atoms with Crippen molar-refractivity contribution in [2.75, 3.05) is 10.6 Å². The zero-order chi connectivity index (χ0) is 19.2. The van der Waals surface area contributed by atoms with Gasteiger partial charge in [0.05, 0.1) is 12.2 Å². The number of alkyl halides is 2. The molecule has 2 aromatic carbocycles. The van der Waals surface area contributed by atoms with Crippen molar-refractivity contribution < 1.29 is 13.5 Å². The first kappa shape index (κ1) is 18.8. The van der Waals surface area contributed by atoms with Gasteiger partial charge in [-0.25, -0.2) is 0 Å². The number of aromatic nitrogens is 2. The van der Waals surface area contributed by atoms with Crippen LogP contribution in [-0.4, -0.2) is 21.5 Å². The van der Waals surface area contributed by atoms with Crippen molar-refractivity contribution in [1.82, 2.24) is 9.78 Å². The molecule has 8 heteroatoms. The molecular weight excluding hydrogens is 370 g/mol. The van der Waals surface area contributed by atoms with Crippen molar-refractivity contribution in [2.24, 2.45) is 0 Å². The molecule has 0 saturated carbocycles. The van der Waals surface area contributed by atoms with Crippen molar-refractivity contribution in [3.05, 3.63) is 71.9 Å². The Labute approximate surface area is 161 Å². The molecule has 0 spiro atoms. The van der Waals surface area contributed by atoms with Crippen LogP contribution in [0.2, 0.25) is 0 Å². The Morgan fingerprint density at radius 3 is 2.56 bits per heavy atom. The van der Waals surface area contributed by atoms with Crippen molar-refractivity contribution in [3.8, 4) is 5.75 Å². The first-order valence-electron chi connectivity index (χ1n) is 8.21. The fourth-order valence-corrected chi connectivity index (χ4v) is 2.74. The molecule has 0 saturated heterocycles. The molecule has 0 aliphatic carbocycles. The van der Waals surface area contributed by atoms with Gasteiger partial charge in [-0.2, -0.15) is 13.9 Å². The maximum atomic E-state index is 12.5. The molecule has 0 fully saturated rings. The minimum absolute atomic E-state index is 0.0161. The molecule has 0 aliphatic heterocycles. The highest BCUT2D eigenvalue weighted by atomic mass is 32.1. The van der Waals surface area contributed by atoms with E-state index >= 15 is 0 Å². The van der Waals surface area contributed by atoms with Gasteiger partial charge in [0.2, 0.25) is 0 Å². The molecule has 1 heterocycles. The van der Waals surface area contributed by atoms with Crippen molar-refractivity contribution in [2.45, 2.75) is 20.1 Å². The van der Waals surface area contributed by atoms with E-state index in [1.165, 1.54) is 6.07 Å². The van der Waals surface area contributed by atoms with Gasteiger partial charge in [-0.15, -0.1) is 0 Å². The quantitative estimate of drug-likeness (QED) is 0.602. The maximum absolute atomic E-state index is 12.5. The first-order valence-corrected chi connectivity index (χ1v) is 8.62. The van der Waals surface area contributed by atoms with Gasteiger partial charge in [-0.05, 0) is 36.8 Å². The summed E-state index contributed by atoms with van der Waals surface area (Å²) < 4.78 is 31.3. The lowest BCUT2D eigenvalue weighted by Crippen LogP contribution is -2.20. The van der Waals surface area contributed by atoms with Gasteiger partial charge in [0, 0.05) is 11.8 Å². The predicted molar refractivity (Wildman–Crippen MR) is 105 cm³/mol. The summed E-state index contributed by atoms with van der Waals surface area (Å²) >= 11 is 5.26. The number of aryl methyl sites for hydroxylation is 1. The van der Waals surface area contributed by atoms with E-state index in [1.54, 1.807) is 18.2 Å². The van der Waals surface area contributed by atoms with Crippen LogP contribution in [0.1, 0.15) is 11.3 Å². The van der Waals surface area contributed by atoms with Crippen molar-refractivity contribution in [1.29, 1.82) is 0 Å². The Kier molecular flexibility index (Phi) is 5.97. The van der Waals surface area contributed by atoms with Gasteiger partial charge < -0.3 is 15.4 Å². The minimum Gasteiger partial charge on any atom is -0.433 e. The molecule has 140 valence electrons. The second-order valence-electron chi connectivity index (χ2n) is 5.77. The third kappa shape index (κ3) is 5.24. The number of benzene rings is 2. The van der Waals surface area contributed by atoms with E-state index in [2.05, 4.69) is 20.5 Å². The van der Waals surface area contributed by atoms with Crippen LogP contribution in [0.15, 0.2) is 60.7 Å². The van der Waals surface area contributed by atoms with Crippen LogP contribution < -0.4 is 15.4 Å². The van der Waals surface area contributed by atoms with Crippen LogP contribution >= 0.6 is 12.2 Å².